The number of halogens is 3. The topological polar surface area (TPSA) is 0 Å². The third kappa shape index (κ3) is 68.3. The molecule has 0 nitrogen and oxygen atoms in total. The van der Waals surface area contributed by atoms with Crippen molar-refractivity contribution in [1.82, 2.24) is 0 Å². The Hall–Kier alpha value is 0.220. The van der Waals surface area contributed by atoms with Gasteiger partial charge in [0.25, 0.3) is 0 Å². The first-order chi connectivity index (χ1) is 0. The fourth-order valence-electron chi connectivity index (χ4n) is 0. The van der Waals surface area contributed by atoms with Crippen LogP contribution in [0.25, 0.3) is 0 Å². The summed E-state index contributed by atoms with van der Waals surface area (Å²) in [6.07, 6.45) is 0. The Balaban J connectivity index is 0. The molecule has 0 amide bonds. The predicted octanol–water partition coefficient (Wildman–Crippen LogP) is 0.741. The molecule has 0 saturated heterocycles. The van der Waals surface area contributed by atoms with E-state index >= 15 is 0 Å². The first kappa shape index (κ1) is 904. The van der Waals surface area contributed by atoms with Crippen molar-refractivity contribution in [2.24, 2.45) is 0 Å². The summed E-state index contributed by atoms with van der Waals surface area (Å²) >= 11 is 0. The Morgan fingerprint density at radius 1 is 0.750 bits per heavy atom. The summed E-state index contributed by atoms with van der Waals surface area (Å²) < 4.78 is 0. The molecule has 4 heteroatoms. The van der Waals surface area contributed by atoms with Crippen LogP contribution >= 0.6 is 9.90 Å². The Bertz CT molecular complexity index is 8.75. The zero-order chi connectivity index (χ0) is 0. The van der Waals surface area contributed by atoms with E-state index in [2.05, 4.69) is 0 Å². The lowest BCUT2D eigenvalue weighted by Gasteiger charge is -0.270. The monoisotopic (exact) mass is 96.0 g/mol. The molecule has 0 aromatic carbocycles. The summed E-state index contributed by atoms with van der Waals surface area (Å²) in [5, 5.41) is 0. The van der Waals surface area contributed by atoms with Gasteiger partial charge in [-0.2, -0.15) is 9.90 Å². The maximum absolute atomic E-state index is 0. The van der Waals surface area contributed by atoms with Crippen molar-refractivity contribution >= 4 is 9.90 Å². The molecule has 4 heavy (non-hydrogen) atoms. The molecule has 0 aromatic heterocycles. The van der Waals surface area contributed by atoms with Crippen LogP contribution in [-0.2, 0) is 0 Å². The van der Waals surface area contributed by atoms with E-state index in [4.69, 9.17) is 0 Å². The second-order valence-electron chi connectivity index (χ2n) is 0. The zero-order valence-corrected chi connectivity index (χ0v) is 3.35. The molecule has 0 heterocycles. The maximum atomic E-state index is 0. The molecule has 32 valence electrons. The van der Waals surface area contributed by atoms with Crippen LogP contribution in [0.15, 0.2) is 0 Å². The average Bonchev–Trinajstić information content (AvgIpc) is 0. The molecule has 0 rings (SSSR count). The number of hydrogen-bond donors (Lipinski definition) is 0. The van der Waals surface area contributed by atoms with Gasteiger partial charge in [0.15, 0.2) is 0 Å². The van der Waals surface area contributed by atoms with Crippen LogP contribution < -0.4 is 0 Å². The highest BCUT2D eigenvalue weighted by Crippen LogP contribution is 0.861. The van der Waals surface area contributed by atoms with Gasteiger partial charge < -0.3 is 0 Å². The highest BCUT2D eigenvalue weighted by Gasteiger charge is -0.153. The van der Waals surface area contributed by atoms with Gasteiger partial charge in [0, 0.05) is 0 Å². The van der Waals surface area contributed by atoms with Crippen molar-refractivity contribution in [1.29, 1.82) is 0 Å². The molecule has 0 aromatic rings. The van der Waals surface area contributed by atoms with Gasteiger partial charge in [-0.25, -0.2) is 0 Å². The quantitative estimate of drug-likeness (QED) is 0.390. The van der Waals surface area contributed by atoms with Gasteiger partial charge in [-0.05, 0) is 0 Å². The van der Waals surface area contributed by atoms with Crippen LogP contribution in [0, 0.1) is 0 Å². The van der Waals surface area contributed by atoms with E-state index in [1.165, 1.54) is 0 Å². The lowest BCUT2D eigenvalue weighted by atomic mass is 19.0. The van der Waals surface area contributed by atoms with Crippen LogP contribution in [0.2, 0.25) is 0 Å². The highest BCUT2D eigenvalue weighted by atomic mass is 31.0. The smallest absolute Gasteiger partial charge is 0.269 e. The molecule has 0 aliphatic carbocycles. The van der Waals surface area contributed by atoms with E-state index < -0.39 is 0 Å². The van der Waals surface area contributed by atoms with Crippen LogP contribution in [0.4, 0.5) is 14.1 Å². The number of hydrogen-bond acceptors (Lipinski definition) is 0. The Morgan fingerprint density at radius 2 is 0.750 bits per heavy atom. The largest absolute Gasteiger partial charge is 1.00 e. The highest BCUT2D eigenvalue weighted by molar-refractivity contribution is 6.92. The van der Waals surface area contributed by atoms with Crippen molar-refractivity contribution in [3.8, 4) is 0 Å². The van der Waals surface area contributed by atoms with Gasteiger partial charge in [-0.3, -0.25) is 14.1 Å². The van der Waals surface area contributed by atoms with Crippen LogP contribution in [-0.4, -0.2) is 0 Å². The molecule has 0 spiro atoms. The van der Waals surface area contributed by atoms with Crippen LogP contribution in [0.1, 0.15) is 2.85 Å². The Labute approximate surface area is 28.3 Å². The lowest BCUT2D eigenvalue weighted by Crippen LogP contribution is 0.419. The van der Waals surface area contributed by atoms with Gasteiger partial charge in [0.05, 0.1) is 0 Å². The fourth-order valence-corrected chi connectivity index (χ4v) is 0. The van der Waals surface area contributed by atoms with Crippen molar-refractivity contribution in [3.63, 3.8) is 0 Å². The van der Waals surface area contributed by atoms with E-state index in [-0.39, 0.29) is 26.9 Å². The Morgan fingerprint density at radius 3 is 0.750 bits per heavy atom. The van der Waals surface area contributed by atoms with Crippen LogP contribution in [0.3, 0.4) is 0 Å². The first-order valence-electron chi connectivity index (χ1n) is 0. The average molecular weight is 96.0 g/mol. The van der Waals surface area contributed by atoms with Crippen molar-refractivity contribution in [2.45, 2.75) is 0 Å². The molecule has 0 radical (unpaired) electrons. The van der Waals surface area contributed by atoms with Crippen molar-refractivity contribution < 1.29 is 17.0 Å². The minimum absolute atomic E-state index is 0. The van der Waals surface area contributed by atoms with E-state index in [0.29, 0.717) is 0 Å². The van der Waals surface area contributed by atoms with E-state index in [1.54, 1.807) is 0 Å². The third-order valence-electron chi connectivity index (χ3n) is 0. The van der Waals surface area contributed by atoms with E-state index in [1.807, 2.05) is 0 Å². The summed E-state index contributed by atoms with van der Waals surface area (Å²) in [6, 6.07) is 0. The second kappa shape index (κ2) is 328. The molecule has 0 N–H and O–H groups in total. The molecule has 0 saturated carbocycles. The molecule has 0 bridgehead atoms. The molecule has 0 aliphatic heterocycles. The van der Waals surface area contributed by atoms with Gasteiger partial charge in [0.2, 0.25) is 0 Å². The maximum Gasteiger partial charge on any atom is 1.00 e. The summed E-state index contributed by atoms with van der Waals surface area (Å²) in [4.78, 5) is 0. The molecule has 1 atom stereocenters. The molecule has 0 aliphatic rings. The standard InChI is InChI=1S/3FH.H3P/h3*1H;1H3/p+2. The molecular weight excluding hydrogens is 88.0 g/mol. The molecule has 1 unspecified atom stereocenters. The van der Waals surface area contributed by atoms with E-state index in [9.17, 15) is 0 Å². The number of rotatable bonds is 0. The van der Waals surface area contributed by atoms with Gasteiger partial charge in [-0.1, -0.05) is 0 Å². The Kier molecular flexibility index (Phi) is 74100. The molecular formula is H8F3P+2. The second-order valence-corrected chi connectivity index (χ2v) is 0. The summed E-state index contributed by atoms with van der Waals surface area (Å²) in [7, 11) is 0. The summed E-state index contributed by atoms with van der Waals surface area (Å²) in [6.45, 7) is 0. The first-order valence-corrected chi connectivity index (χ1v) is 0. The SMILES string of the molecule is F.F.F.P.[H+].[H+]. The minimum Gasteiger partial charge on any atom is -0.269 e. The summed E-state index contributed by atoms with van der Waals surface area (Å²) in [5.74, 6) is 0. The van der Waals surface area contributed by atoms with Crippen LogP contribution in [0.5, 0.6) is 0 Å². The zero-order valence-electron chi connectivity index (χ0n) is 3.93. The van der Waals surface area contributed by atoms with Crippen molar-refractivity contribution in [3.05, 3.63) is 0 Å². The van der Waals surface area contributed by atoms with Crippen molar-refractivity contribution in [2.75, 3.05) is 0 Å². The molecule has 0 fully saturated rings. The van der Waals surface area contributed by atoms with Gasteiger partial charge in [-0.15, -0.1) is 0 Å². The van der Waals surface area contributed by atoms with Gasteiger partial charge in [0.1, 0.15) is 0 Å². The third-order valence-corrected chi connectivity index (χ3v) is 0. The lowest BCUT2D eigenvalue weighted by molar-refractivity contribution is 1.11. The van der Waals surface area contributed by atoms with Gasteiger partial charge >= 0.3 is 2.85 Å². The van der Waals surface area contributed by atoms with E-state index in [0.717, 1.165) is 0 Å². The normalized spacial score (nSPS) is 0. The predicted molar refractivity (Wildman–Crippen MR) is 20.8 cm³/mol. The fraction of sp³-hybridized carbons (Fsp3) is 0. The summed E-state index contributed by atoms with van der Waals surface area (Å²) in [5.41, 5.74) is 0. The minimum atomic E-state index is 0.